The zero-order valence-electron chi connectivity index (χ0n) is 33.7. The van der Waals surface area contributed by atoms with Crippen molar-refractivity contribution in [3.8, 4) is 56.1 Å². The fourth-order valence-corrected chi connectivity index (χ4v) is 10.4. The molecule has 3 aromatic heterocycles. The first-order chi connectivity index (χ1) is 30.7. The highest BCUT2D eigenvalue weighted by molar-refractivity contribution is 7.26. The Morgan fingerprint density at radius 1 is 0.371 bits per heavy atom. The number of aromatic nitrogens is 4. The molecule has 0 amide bonds. The van der Waals surface area contributed by atoms with E-state index in [1.54, 1.807) is 0 Å². The van der Waals surface area contributed by atoms with Crippen molar-refractivity contribution in [2.75, 3.05) is 0 Å². The zero-order valence-corrected chi connectivity index (χ0v) is 34.5. The molecule has 0 bridgehead atoms. The van der Waals surface area contributed by atoms with Gasteiger partial charge in [0, 0.05) is 62.3 Å². The van der Waals surface area contributed by atoms with E-state index < -0.39 is 0 Å². The Bertz CT molecular complexity index is 3560. The van der Waals surface area contributed by atoms with Gasteiger partial charge in [-0.3, -0.25) is 0 Å². The van der Waals surface area contributed by atoms with Gasteiger partial charge in [-0.15, -0.1) is 11.3 Å². The molecule has 62 heavy (non-hydrogen) atoms. The predicted molar refractivity (Wildman–Crippen MR) is 255 cm³/mol. The van der Waals surface area contributed by atoms with Crippen LogP contribution < -0.4 is 13.7 Å². The Balaban J connectivity index is 1.13. The van der Waals surface area contributed by atoms with Crippen molar-refractivity contribution >= 4 is 53.3 Å². The summed E-state index contributed by atoms with van der Waals surface area (Å²) in [6, 6.07) is 78.7. The standard InChI is InChI=1S/C57H39N4S/c1-5-17-40(18-6-1)41-19-15-20-42(35-41)43-31-32-48(53(36-43)60-38-58(44-21-7-2-8-22-44)37-59(39-60)45-23-9-3-10-24-45)49-28-16-30-54-55(49)51-34-33-50-47-27-13-14-29-52(47)61(56(50)57(51)62-54)46-25-11-4-12-26-46/h1-39H/q+3. The van der Waals surface area contributed by atoms with E-state index in [0.29, 0.717) is 0 Å². The largest absolute Gasteiger partial charge is 0.428 e. The van der Waals surface area contributed by atoms with Crippen molar-refractivity contribution < 1.29 is 13.7 Å². The molecule has 290 valence electrons. The second kappa shape index (κ2) is 14.9. The average molecular weight is 812 g/mol. The third-order valence-corrected chi connectivity index (χ3v) is 13.2. The summed E-state index contributed by atoms with van der Waals surface area (Å²) in [5.74, 6) is 0. The van der Waals surface area contributed by atoms with Gasteiger partial charge < -0.3 is 4.57 Å². The van der Waals surface area contributed by atoms with Gasteiger partial charge in [0.2, 0.25) is 17.1 Å². The van der Waals surface area contributed by atoms with Gasteiger partial charge in [0.15, 0.2) is 0 Å². The fourth-order valence-electron chi connectivity index (χ4n) is 9.15. The molecule has 9 aromatic carbocycles. The summed E-state index contributed by atoms with van der Waals surface area (Å²) in [6.45, 7) is 0. The van der Waals surface area contributed by atoms with E-state index in [1.807, 2.05) is 11.3 Å². The summed E-state index contributed by atoms with van der Waals surface area (Å²) in [6.07, 6.45) is 6.55. The van der Waals surface area contributed by atoms with E-state index in [4.69, 9.17) is 0 Å². The maximum atomic E-state index is 2.45. The SMILES string of the molecule is c1ccc(-c2cccc(-c3ccc(-c4cccc5sc6c(ccc7c8ccccc8n(-c8ccccc8)c76)c45)c(-[n+]4c[n+](-c5ccccc5)c[n+](-c5ccccc5)c4)c3)c2)cc1. The third-order valence-electron chi connectivity index (χ3n) is 12.0. The molecule has 0 saturated heterocycles. The Morgan fingerprint density at radius 3 is 1.66 bits per heavy atom. The fraction of sp³-hybridized carbons (Fsp3) is 0. The molecule has 0 unspecified atom stereocenters. The summed E-state index contributed by atoms with van der Waals surface area (Å²) >= 11 is 1.89. The monoisotopic (exact) mass is 811 g/mol. The van der Waals surface area contributed by atoms with Crippen molar-refractivity contribution in [3.63, 3.8) is 0 Å². The second-order valence-electron chi connectivity index (χ2n) is 15.7. The minimum Gasteiger partial charge on any atom is -0.308 e. The number of benzene rings is 9. The van der Waals surface area contributed by atoms with Crippen molar-refractivity contribution in [1.29, 1.82) is 0 Å². The van der Waals surface area contributed by atoms with Crippen LogP contribution >= 0.6 is 11.3 Å². The van der Waals surface area contributed by atoms with E-state index in [0.717, 1.165) is 39.4 Å². The predicted octanol–water partition coefficient (Wildman–Crippen LogP) is 13.0. The second-order valence-corrected chi connectivity index (χ2v) is 16.8. The van der Waals surface area contributed by atoms with Gasteiger partial charge in [-0.25, -0.2) is 0 Å². The quantitative estimate of drug-likeness (QED) is 0.143. The van der Waals surface area contributed by atoms with Gasteiger partial charge in [0.25, 0.3) is 0 Å². The van der Waals surface area contributed by atoms with Crippen LogP contribution in [0.5, 0.6) is 0 Å². The molecule has 0 radical (unpaired) electrons. The highest BCUT2D eigenvalue weighted by Crippen LogP contribution is 2.46. The zero-order chi connectivity index (χ0) is 41.0. The Labute approximate surface area is 363 Å². The van der Waals surface area contributed by atoms with E-state index in [1.165, 1.54) is 58.7 Å². The molecule has 12 aromatic rings. The maximum Gasteiger partial charge on any atom is 0.428 e. The number of nitrogens with zero attached hydrogens (tertiary/aromatic N) is 4. The van der Waals surface area contributed by atoms with Crippen molar-refractivity contribution in [2.24, 2.45) is 0 Å². The highest BCUT2D eigenvalue weighted by atomic mass is 32.1. The van der Waals surface area contributed by atoms with Gasteiger partial charge in [-0.05, 0) is 64.2 Å². The number of hydrogen-bond donors (Lipinski definition) is 0. The lowest BCUT2D eigenvalue weighted by Crippen LogP contribution is -2.55. The van der Waals surface area contributed by atoms with Crippen LogP contribution in [0.25, 0.3) is 98.1 Å². The molecular formula is C57H39N4S+3. The summed E-state index contributed by atoms with van der Waals surface area (Å²) in [5, 5.41) is 5.06. The van der Waals surface area contributed by atoms with E-state index in [9.17, 15) is 0 Å². The smallest absolute Gasteiger partial charge is 0.308 e. The number of para-hydroxylation sites is 4. The topological polar surface area (TPSA) is 16.6 Å². The lowest BCUT2D eigenvalue weighted by molar-refractivity contribution is -0.858. The maximum absolute atomic E-state index is 2.45. The van der Waals surface area contributed by atoms with Crippen LogP contribution in [0.2, 0.25) is 0 Å². The first kappa shape index (κ1) is 35.9. The number of rotatable bonds is 7. The Morgan fingerprint density at radius 2 is 0.935 bits per heavy atom. The lowest BCUT2D eigenvalue weighted by atomic mass is 9.93. The van der Waals surface area contributed by atoms with Crippen molar-refractivity contribution in [1.82, 2.24) is 4.57 Å². The van der Waals surface area contributed by atoms with Gasteiger partial charge in [0.1, 0.15) is 0 Å². The van der Waals surface area contributed by atoms with Crippen LogP contribution in [0.3, 0.4) is 0 Å². The van der Waals surface area contributed by atoms with Gasteiger partial charge in [-0.1, -0.05) is 165 Å². The van der Waals surface area contributed by atoms with Crippen LogP contribution in [0.15, 0.2) is 237 Å². The molecule has 4 nitrogen and oxygen atoms in total. The summed E-state index contributed by atoms with van der Waals surface area (Å²) in [7, 11) is 0. The molecule has 0 atom stereocenters. The summed E-state index contributed by atoms with van der Waals surface area (Å²) < 4.78 is 11.7. The molecular weight excluding hydrogens is 773 g/mol. The first-order valence-corrected chi connectivity index (χ1v) is 21.8. The van der Waals surface area contributed by atoms with Crippen LogP contribution in [0, 0.1) is 0 Å². The normalized spacial score (nSPS) is 11.5. The molecule has 0 spiro atoms. The molecule has 12 rings (SSSR count). The van der Waals surface area contributed by atoms with E-state index in [2.05, 4.69) is 256 Å². The number of thiophene rings is 1. The lowest BCUT2D eigenvalue weighted by Gasteiger charge is -2.11. The first-order valence-electron chi connectivity index (χ1n) is 21.0. The highest BCUT2D eigenvalue weighted by Gasteiger charge is 2.29. The van der Waals surface area contributed by atoms with Crippen LogP contribution in [-0.4, -0.2) is 4.57 Å². The molecule has 5 heteroatoms. The summed E-state index contributed by atoms with van der Waals surface area (Å²) in [4.78, 5) is 0. The molecule has 0 aliphatic carbocycles. The van der Waals surface area contributed by atoms with E-state index >= 15 is 0 Å². The Hall–Kier alpha value is -7.99. The Kier molecular flexibility index (Phi) is 8.65. The molecule has 0 aliphatic heterocycles. The van der Waals surface area contributed by atoms with Gasteiger partial charge >= 0.3 is 19.0 Å². The van der Waals surface area contributed by atoms with Crippen molar-refractivity contribution in [3.05, 3.63) is 237 Å². The number of fused-ring (bicyclic) bond motifs is 7. The van der Waals surface area contributed by atoms with Crippen LogP contribution in [0.4, 0.5) is 0 Å². The van der Waals surface area contributed by atoms with Crippen LogP contribution in [-0.2, 0) is 0 Å². The molecule has 3 heterocycles. The molecule has 0 fully saturated rings. The minimum atomic E-state index is 1.07. The van der Waals surface area contributed by atoms with Crippen LogP contribution in [0.1, 0.15) is 0 Å². The van der Waals surface area contributed by atoms with Gasteiger partial charge in [0.05, 0.1) is 21.3 Å². The minimum absolute atomic E-state index is 1.07. The number of hydrogen-bond acceptors (Lipinski definition) is 1. The average Bonchev–Trinajstić information content (AvgIpc) is 3.91. The van der Waals surface area contributed by atoms with Crippen molar-refractivity contribution in [2.45, 2.75) is 0 Å². The molecule has 0 N–H and O–H groups in total. The third kappa shape index (κ3) is 6.09. The summed E-state index contributed by atoms with van der Waals surface area (Å²) in [5.41, 5.74) is 13.9. The van der Waals surface area contributed by atoms with Gasteiger partial charge in [-0.2, -0.15) is 0 Å². The molecule has 0 aliphatic rings. The molecule has 0 saturated carbocycles. The van der Waals surface area contributed by atoms with E-state index in [-0.39, 0.29) is 0 Å².